The van der Waals surface area contributed by atoms with Crippen LogP contribution in [0.5, 0.6) is 23.0 Å². The predicted octanol–water partition coefficient (Wildman–Crippen LogP) is 7.00. The van der Waals surface area contributed by atoms with Gasteiger partial charge in [0.1, 0.15) is 23.0 Å². The average Bonchev–Trinajstić information content (AvgIpc) is 2.94. The highest BCUT2D eigenvalue weighted by molar-refractivity contribution is 5.56. The monoisotopic (exact) mass is 476 g/mol. The van der Waals surface area contributed by atoms with Crippen molar-refractivity contribution in [1.29, 1.82) is 0 Å². The summed E-state index contributed by atoms with van der Waals surface area (Å²) < 4.78 is 24.8. The molecule has 4 aromatic carbocycles. The first-order valence-corrected chi connectivity index (χ1v) is 12.2. The van der Waals surface area contributed by atoms with E-state index in [2.05, 4.69) is 60.7 Å². The zero-order chi connectivity index (χ0) is 24.5. The van der Waals surface area contributed by atoms with Crippen molar-refractivity contribution >= 4 is 6.08 Å². The zero-order valence-corrected chi connectivity index (χ0v) is 20.4. The summed E-state index contributed by atoms with van der Waals surface area (Å²) in [6.45, 7) is 0. The van der Waals surface area contributed by atoms with Crippen molar-refractivity contribution in [3.63, 3.8) is 0 Å². The lowest BCUT2D eigenvalue weighted by molar-refractivity contribution is -0.187. The Morgan fingerprint density at radius 2 is 1.39 bits per heavy atom. The van der Waals surface area contributed by atoms with Crippen molar-refractivity contribution in [2.24, 2.45) is 5.92 Å². The fraction of sp³-hybridized carbons (Fsp3) is 0.188. The van der Waals surface area contributed by atoms with Crippen LogP contribution in [0.25, 0.3) is 6.08 Å². The molecule has 2 aliphatic heterocycles. The van der Waals surface area contributed by atoms with E-state index in [0.29, 0.717) is 0 Å². The first-order valence-electron chi connectivity index (χ1n) is 12.2. The third-order valence-corrected chi connectivity index (χ3v) is 7.20. The van der Waals surface area contributed by atoms with Crippen molar-refractivity contribution in [2.75, 3.05) is 14.2 Å². The van der Waals surface area contributed by atoms with E-state index in [0.717, 1.165) is 51.7 Å². The molecule has 0 saturated carbocycles. The molecular formula is C32H28O4. The average molecular weight is 477 g/mol. The maximum Gasteiger partial charge on any atom is 0.281 e. The number of allylic oxidation sites excluding steroid dienone is 1. The van der Waals surface area contributed by atoms with Gasteiger partial charge in [-0.1, -0.05) is 72.8 Å². The van der Waals surface area contributed by atoms with Crippen LogP contribution in [0, 0.1) is 5.92 Å². The molecule has 0 spiro atoms. The van der Waals surface area contributed by atoms with Crippen LogP contribution in [0.2, 0.25) is 0 Å². The van der Waals surface area contributed by atoms with Gasteiger partial charge in [0.25, 0.3) is 5.79 Å². The quantitative estimate of drug-likeness (QED) is 0.311. The van der Waals surface area contributed by atoms with E-state index in [4.69, 9.17) is 18.9 Å². The maximum atomic E-state index is 6.86. The number of fused-ring (bicyclic) bond motifs is 3. The van der Waals surface area contributed by atoms with Crippen LogP contribution in [0.1, 0.15) is 28.2 Å². The SMILES string of the molecule is COc1ccc2c(c1)C[C@@H]1[C@H](/C=C/c3ccccc3)c3cc(OC)ccc3O[C@]1(c1ccccc1)O2. The van der Waals surface area contributed by atoms with Crippen molar-refractivity contribution in [3.05, 3.63) is 125 Å². The highest BCUT2D eigenvalue weighted by Gasteiger charge is 2.55. The second-order valence-electron chi connectivity index (χ2n) is 9.22. The maximum absolute atomic E-state index is 6.86. The van der Waals surface area contributed by atoms with Gasteiger partial charge in [0.2, 0.25) is 0 Å². The topological polar surface area (TPSA) is 36.9 Å². The largest absolute Gasteiger partial charge is 0.497 e. The van der Waals surface area contributed by atoms with Gasteiger partial charge >= 0.3 is 0 Å². The Bertz CT molecular complexity index is 1400. The van der Waals surface area contributed by atoms with Gasteiger partial charge in [0, 0.05) is 17.0 Å². The molecule has 4 heteroatoms. The summed E-state index contributed by atoms with van der Waals surface area (Å²) in [5.41, 5.74) is 4.35. The zero-order valence-electron chi connectivity index (χ0n) is 20.4. The van der Waals surface area contributed by atoms with Crippen molar-refractivity contribution < 1.29 is 18.9 Å². The Labute approximate surface area is 211 Å². The smallest absolute Gasteiger partial charge is 0.281 e. The van der Waals surface area contributed by atoms with E-state index in [9.17, 15) is 0 Å². The van der Waals surface area contributed by atoms with E-state index in [1.807, 2.05) is 48.5 Å². The first-order chi connectivity index (χ1) is 17.7. The van der Waals surface area contributed by atoms with Gasteiger partial charge in [0.05, 0.1) is 20.1 Å². The molecule has 3 atom stereocenters. The second-order valence-corrected chi connectivity index (χ2v) is 9.22. The molecule has 4 aromatic rings. The van der Waals surface area contributed by atoms with E-state index < -0.39 is 5.79 Å². The number of methoxy groups -OCH3 is 2. The summed E-state index contributed by atoms with van der Waals surface area (Å²) in [4.78, 5) is 0. The molecule has 36 heavy (non-hydrogen) atoms. The fourth-order valence-corrected chi connectivity index (χ4v) is 5.42. The fourth-order valence-electron chi connectivity index (χ4n) is 5.42. The molecule has 2 aliphatic rings. The van der Waals surface area contributed by atoms with Crippen LogP contribution in [0.3, 0.4) is 0 Å². The van der Waals surface area contributed by atoms with Crippen LogP contribution in [-0.2, 0) is 12.2 Å². The summed E-state index contributed by atoms with van der Waals surface area (Å²) in [5, 5.41) is 0. The van der Waals surface area contributed by atoms with E-state index in [1.54, 1.807) is 14.2 Å². The second kappa shape index (κ2) is 9.12. The molecule has 0 N–H and O–H groups in total. The Morgan fingerprint density at radius 3 is 2.11 bits per heavy atom. The number of rotatable bonds is 5. The van der Waals surface area contributed by atoms with Gasteiger partial charge in [-0.25, -0.2) is 0 Å². The minimum atomic E-state index is -0.976. The highest BCUT2D eigenvalue weighted by Crippen LogP contribution is 2.56. The molecular weight excluding hydrogens is 448 g/mol. The normalized spacial score (nSPS) is 21.9. The van der Waals surface area contributed by atoms with E-state index in [-0.39, 0.29) is 11.8 Å². The molecule has 0 unspecified atom stereocenters. The summed E-state index contributed by atoms with van der Waals surface area (Å²) in [6, 6.07) is 32.7. The summed E-state index contributed by atoms with van der Waals surface area (Å²) in [7, 11) is 3.39. The molecule has 180 valence electrons. The molecule has 0 radical (unpaired) electrons. The van der Waals surface area contributed by atoms with Gasteiger partial charge in [-0.2, -0.15) is 0 Å². The Balaban J connectivity index is 1.55. The van der Waals surface area contributed by atoms with E-state index >= 15 is 0 Å². The van der Waals surface area contributed by atoms with E-state index in [1.165, 1.54) is 0 Å². The molecule has 0 saturated heterocycles. The standard InChI is InChI=1S/C32H28O4/c1-33-25-14-17-30-23(19-25)20-29-27(16-13-22-9-5-3-6-10-22)28-21-26(34-2)15-18-31(28)36-32(29,35-30)24-11-7-4-8-12-24/h3-19,21,27,29H,20H2,1-2H3/b16-13+/t27-,29-,32+/m1/s1. The minimum Gasteiger partial charge on any atom is -0.497 e. The lowest BCUT2D eigenvalue weighted by Gasteiger charge is -2.50. The third-order valence-electron chi connectivity index (χ3n) is 7.20. The number of benzene rings is 4. The number of ether oxygens (including phenoxy) is 4. The predicted molar refractivity (Wildman–Crippen MR) is 141 cm³/mol. The summed E-state index contributed by atoms with van der Waals surface area (Å²) in [6.07, 6.45) is 5.24. The van der Waals surface area contributed by atoms with Gasteiger partial charge in [-0.3, -0.25) is 0 Å². The molecule has 2 heterocycles. The van der Waals surface area contributed by atoms with Crippen LogP contribution in [0.4, 0.5) is 0 Å². The molecule has 0 aromatic heterocycles. The van der Waals surface area contributed by atoms with Gasteiger partial charge in [-0.05, 0) is 53.9 Å². The lowest BCUT2D eigenvalue weighted by atomic mass is 9.71. The Morgan fingerprint density at radius 1 is 0.750 bits per heavy atom. The van der Waals surface area contributed by atoms with Gasteiger partial charge < -0.3 is 18.9 Å². The molecule has 4 nitrogen and oxygen atoms in total. The third kappa shape index (κ3) is 3.79. The first kappa shape index (κ1) is 22.3. The summed E-state index contributed by atoms with van der Waals surface area (Å²) >= 11 is 0. The van der Waals surface area contributed by atoms with Crippen LogP contribution in [-0.4, -0.2) is 14.2 Å². The minimum absolute atomic E-state index is 0.0172. The van der Waals surface area contributed by atoms with Crippen molar-refractivity contribution in [2.45, 2.75) is 18.1 Å². The molecule has 0 fully saturated rings. The summed E-state index contributed by atoms with van der Waals surface area (Å²) in [5.74, 6) is 2.26. The van der Waals surface area contributed by atoms with Gasteiger partial charge in [-0.15, -0.1) is 0 Å². The Hall–Kier alpha value is -4.18. The molecule has 0 aliphatic carbocycles. The number of hydrogen-bond acceptors (Lipinski definition) is 4. The van der Waals surface area contributed by atoms with Crippen LogP contribution >= 0.6 is 0 Å². The Kier molecular flexibility index (Phi) is 5.65. The van der Waals surface area contributed by atoms with Crippen molar-refractivity contribution in [3.8, 4) is 23.0 Å². The van der Waals surface area contributed by atoms with Crippen LogP contribution < -0.4 is 18.9 Å². The highest BCUT2D eigenvalue weighted by atomic mass is 16.7. The molecule has 0 amide bonds. The molecule has 6 rings (SSSR count). The van der Waals surface area contributed by atoms with Crippen molar-refractivity contribution in [1.82, 2.24) is 0 Å². The van der Waals surface area contributed by atoms with Gasteiger partial charge in [0.15, 0.2) is 0 Å². The number of hydrogen-bond donors (Lipinski definition) is 0. The lowest BCUT2D eigenvalue weighted by Crippen LogP contribution is -2.53. The molecule has 0 bridgehead atoms. The van der Waals surface area contributed by atoms with Crippen LogP contribution in [0.15, 0.2) is 103 Å².